The number of benzene rings is 1. The standard InChI is InChI=1S/C14H14BrCl2NS/c1-8(10-3-4-13(16)14(17)5-10)18-7-11-6-12(15)9(2)19-11/h3-6,8,18H,7H2,1-2H3. The molecular formula is C14H14BrCl2NS. The Morgan fingerprint density at radius 3 is 2.58 bits per heavy atom. The molecule has 5 heteroatoms. The Hall–Kier alpha value is -0.0600. The number of thiophene rings is 1. The summed E-state index contributed by atoms with van der Waals surface area (Å²) in [7, 11) is 0. The summed E-state index contributed by atoms with van der Waals surface area (Å²) in [6.45, 7) is 5.08. The van der Waals surface area contributed by atoms with E-state index in [1.54, 1.807) is 11.3 Å². The van der Waals surface area contributed by atoms with E-state index < -0.39 is 0 Å². The molecule has 0 saturated carbocycles. The van der Waals surface area contributed by atoms with E-state index in [-0.39, 0.29) is 6.04 Å². The molecule has 0 aliphatic heterocycles. The van der Waals surface area contributed by atoms with Gasteiger partial charge in [-0.25, -0.2) is 0 Å². The molecule has 1 heterocycles. The van der Waals surface area contributed by atoms with Gasteiger partial charge in [-0.15, -0.1) is 11.3 Å². The zero-order valence-corrected chi connectivity index (χ0v) is 14.6. The average molecular weight is 379 g/mol. The minimum Gasteiger partial charge on any atom is -0.305 e. The SMILES string of the molecule is Cc1sc(CNC(C)c2ccc(Cl)c(Cl)c2)cc1Br. The van der Waals surface area contributed by atoms with Crippen molar-refractivity contribution < 1.29 is 0 Å². The highest BCUT2D eigenvalue weighted by molar-refractivity contribution is 9.10. The van der Waals surface area contributed by atoms with Crippen molar-refractivity contribution in [2.75, 3.05) is 0 Å². The number of nitrogens with one attached hydrogen (secondary N) is 1. The zero-order chi connectivity index (χ0) is 14.0. The molecule has 1 aromatic heterocycles. The van der Waals surface area contributed by atoms with E-state index in [1.807, 2.05) is 18.2 Å². The van der Waals surface area contributed by atoms with E-state index in [2.05, 4.69) is 41.2 Å². The van der Waals surface area contributed by atoms with E-state index in [1.165, 1.54) is 14.2 Å². The van der Waals surface area contributed by atoms with Gasteiger partial charge in [0.05, 0.1) is 10.0 Å². The maximum absolute atomic E-state index is 6.04. The van der Waals surface area contributed by atoms with Crippen LogP contribution in [0, 0.1) is 6.92 Å². The van der Waals surface area contributed by atoms with Gasteiger partial charge in [0.1, 0.15) is 0 Å². The van der Waals surface area contributed by atoms with Crippen molar-refractivity contribution in [3.63, 3.8) is 0 Å². The third-order valence-electron chi connectivity index (χ3n) is 2.93. The van der Waals surface area contributed by atoms with E-state index in [4.69, 9.17) is 23.2 Å². The average Bonchev–Trinajstić information content (AvgIpc) is 2.69. The Kier molecular flexibility index (Phi) is 5.32. The van der Waals surface area contributed by atoms with Gasteiger partial charge in [-0.2, -0.15) is 0 Å². The van der Waals surface area contributed by atoms with Gasteiger partial charge in [-0.05, 0) is 53.5 Å². The molecule has 0 saturated heterocycles. The highest BCUT2D eigenvalue weighted by atomic mass is 79.9. The van der Waals surface area contributed by atoms with Gasteiger partial charge in [-0.3, -0.25) is 0 Å². The predicted molar refractivity (Wildman–Crippen MR) is 88.5 cm³/mol. The molecule has 102 valence electrons. The summed E-state index contributed by atoms with van der Waals surface area (Å²) in [4.78, 5) is 2.62. The predicted octanol–water partition coefficient (Wildman–Crippen LogP) is 5.98. The molecule has 19 heavy (non-hydrogen) atoms. The minimum atomic E-state index is 0.232. The van der Waals surface area contributed by atoms with Crippen LogP contribution in [0.3, 0.4) is 0 Å². The summed E-state index contributed by atoms with van der Waals surface area (Å²) < 4.78 is 1.18. The van der Waals surface area contributed by atoms with Crippen LogP contribution in [0.2, 0.25) is 10.0 Å². The molecule has 0 aliphatic carbocycles. The summed E-state index contributed by atoms with van der Waals surface area (Å²) in [6.07, 6.45) is 0. The maximum Gasteiger partial charge on any atom is 0.0595 e. The minimum absolute atomic E-state index is 0.232. The summed E-state index contributed by atoms with van der Waals surface area (Å²) >= 11 is 17.3. The third kappa shape index (κ3) is 3.96. The monoisotopic (exact) mass is 377 g/mol. The lowest BCUT2D eigenvalue weighted by Crippen LogP contribution is -2.17. The maximum atomic E-state index is 6.04. The Morgan fingerprint density at radius 2 is 2.00 bits per heavy atom. The van der Waals surface area contributed by atoms with Crippen LogP contribution in [0.1, 0.15) is 28.3 Å². The van der Waals surface area contributed by atoms with Gasteiger partial charge in [0.15, 0.2) is 0 Å². The fraction of sp³-hybridized carbons (Fsp3) is 0.286. The number of hydrogen-bond donors (Lipinski definition) is 1. The van der Waals surface area contributed by atoms with Crippen molar-refractivity contribution in [1.82, 2.24) is 5.32 Å². The van der Waals surface area contributed by atoms with Crippen molar-refractivity contribution in [1.29, 1.82) is 0 Å². The first-order valence-electron chi connectivity index (χ1n) is 5.90. The number of aryl methyl sites for hydroxylation is 1. The van der Waals surface area contributed by atoms with Crippen molar-refractivity contribution in [3.05, 3.63) is 54.1 Å². The van der Waals surface area contributed by atoms with Crippen LogP contribution in [0.5, 0.6) is 0 Å². The first-order valence-corrected chi connectivity index (χ1v) is 8.27. The van der Waals surface area contributed by atoms with Gasteiger partial charge < -0.3 is 5.32 Å². The van der Waals surface area contributed by atoms with E-state index in [0.717, 1.165) is 12.1 Å². The van der Waals surface area contributed by atoms with Gasteiger partial charge in [0.25, 0.3) is 0 Å². The van der Waals surface area contributed by atoms with Crippen LogP contribution in [0.15, 0.2) is 28.7 Å². The van der Waals surface area contributed by atoms with Gasteiger partial charge in [0.2, 0.25) is 0 Å². The van der Waals surface area contributed by atoms with Crippen molar-refractivity contribution in [2.24, 2.45) is 0 Å². The topological polar surface area (TPSA) is 12.0 Å². The van der Waals surface area contributed by atoms with Gasteiger partial charge in [-0.1, -0.05) is 29.3 Å². The lowest BCUT2D eigenvalue weighted by atomic mass is 10.1. The molecule has 0 spiro atoms. The lowest BCUT2D eigenvalue weighted by Gasteiger charge is -2.14. The fourth-order valence-corrected chi connectivity index (χ4v) is 3.62. The molecule has 0 aliphatic rings. The second kappa shape index (κ2) is 6.59. The molecule has 1 aromatic carbocycles. The Morgan fingerprint density at radius 1 is 1.26 bits per heavy atom. The third-order valence-corrected chi connectivity index (χ3v) is 5.81. The van der Waals surface area contributed by atoms with E-state index in [0.29, 0.717) is 10.0 Å². The van der Waals surface area contributed by atoms with Gasteiger partial charge >= 0.3 is 0 Å². The van der Waals surface area contributed by atoms with Gasteiger partial charge in [0, 0.05) is 26.8 Å². The summed E-state index contributed by atoms with van der Waals surface area (Å²) in [5.41, 5.74) is 1.14. The molecule has 1 N–H and O–H groups in total. The normalized spacial score (nSPS) is 12.7. The Balaban J connectivity index is 2.00. The van der Waals surface area contributed by atoms with Crippen molar-refractivity contribution >= 4 is 50.5 Å². The smallest absolute Gasteiger partial charge is 0.0595 e. The quantitative estimate of drug-likeness (QED) is 0.690. The highest BCUT2D eigenvalue weighted by Crippen LogP contribution is 2.28. The van der Waals surface area contributed by atoms with E-state index in [9.17, 15) is 0 Å². The molecule has 1 atom stereocenters. The first kappa shape index (κ1) is 15.3. The summed E-state index contributed by atoms with van der Waals surface area (Å²) in [6, 6.07) is 8.15. The van der Waals surface area contributed by atoms with Crippen molar-refractivity contribution in [3.8, 4) is 0 Å². The van der Waals surface area contributed by atoms with Crippen LogP contribution in [0.25, 0.3) is 0 Å². The lowest BCUT2D eigenvalue weighted by molar-refractivity contribution is 0.579. The zero-order valence-electron chi connectivity index (χ0n) is 10.6. The molecule has 0 amide bonds. The molecule has 0 bridgehead atoms. The largest absolute Gasteiger partial charge is 0.305 e. The molecular weight excluding hydrogens is 365 g/mol. The molecule has 0 radical (unpaired) electrons. The molecule has 2 rings (SSSR count). The molecule has 1 unspecified atom stereocenters. The van der Waals surface area contributed by atoms with E-state index >= 15 is 0 Å². The van der Waals surface area contributed by atoms with Crippen LogP contribution in [-0.4, -0.2) is 0 Å². The number of hydrogen-bond acceptors (Lipinski definition) is 2. The Bertz CT molecular complexity index is 563. The fourth-order valence-electron chi connectivity index (χ4n) is 1.76. The summed E-state index contributed by atoms with van der Waals surface area (Å²) in [5, 5.41) is 4.68. The molecule has 2 aromatic rings. The van der Waals surface area contributed by atoms with Crippen LogP contribution >= 0.6 is 50.5 Å². The van der Waals surface area contributed by atoms with Crippen molar-refractivity contribution in [2.45, 2.75) is 26.4 Å². The number of rotatable bonds is 4. The van der Waals surface area contributed by atoms with Crippen LogP contribution in [0.4, 0.5) is 0 Å². The molecule has 0 fully saturated rings. The second-order valence-electron chi connectivity index (χ2n) is 4.39. The summed E-state index contributed by atoms with van der Waals surface area (Å²) in [5.74, 6) is 0. The Labute approximate surface area is 136 Å². The van der Waals surface area contributed by atoms with Crippen LogP contribution in [-0.2, 0) is 6.54 Å². The first-order chi connectivity index (χ1) is 8.97. The molecule has 1 nitrogen and oxygen atoms in total. The number of halogens is 3. The second-order valence-corrected chi connectivity index (χ2v) is 7.40. The highest BCUT2D eigenvalue weighted by Gasteiger charge is 2.09. The van der Waals surface area contributed by atoms with Crippen LogP contribution < -0.4 is 5.32 Å².